The van der Waals surface area contributed by atoms with Gasteiger partial charge in [0.05, 0.1) is 13.1 Å². The lowest BCUT2D eigenvalue weighted by Gasteiger charge is -2.18. The average molecular weight is 320 g/mol. The minimum atomic E-state index is -0.265. The molecule has 1 fully saturated rings. The first-order valence-electron chi connectivity index (χ1n) is 8.04. The van der Waals surface area contributed by atoms with E-state index in [1.54, 1.807) is 20.2 Å². The van der Waals surface area contributed by atoms with Gasteiger partial charge in [0.25, 0.3) is 0 Å². The molecule has 6 heteroatoms. The van der Waals surface area contributed by atoms with Crippen LogP contribution < -0.4 is 10.6 Å². The van der Waals surface area contributed by atoms with Gasteiger partial charge < -0.3 is 15.5 Å². The SMILES string of the molecule is CN(C)C(=O)CNC(=NCc1cccc(F)c1)NC1CCCC1. The number of guanidine groups is 1. The summed E-state index contributed by atoms with van der Waals surface area (Å²) in [7, 11) is 3.44. The van der Waals surface area contributed by atoms with Gasteiger partial charge in [0, 0.05) is 20.1 Å². The van der Waals surface area contributed by atoms with Gasteiger partial charge >= 0.3 is 0 Å². The molecule has 1 aliphatic carbocycles. The van der Waals surface area contributed by atoms with Gasteiger partial charge in [-0.3, -0.25) is 4.79 Å². The standard InChI is InChI=1S/C17H25FN4O/c1-22(2)16(23)12-20-17(21-15-8-3-4-9-15)19-11-13-6-5-7-14(18)10-13/h5-7,10,15H,3-4,8-9,11-12H2,1-2H3,(H2,19,20,21). The van der Waals surface area contributed by atoms with E-state index in [0.29, 0.717) is 18.5 Å². The minimum absolute atomic E-state index is 0.0170. The Labute approximate surface area is 137 Å². The first-order valence-corrected chi connectivity index (χ1v) is 8.04. The van der Waals surface area contributed by atoms with E-state index >= 15 is 0 Å². The maximum absolute atomic E-state index is 13.2. The summed E-state index contributed by atoms with van der Waals surface area (Å²) in [6.07, 6.45) is 4.65. The van der Waals surface area contributed by atoms with Gasteiger partial charge in [-0.1, -0.05) is 25.0 Å². The molecule has 0 atom stereocenters. The van der Waals surface area contributed by atoms with E-state index < -0.39 is 0 Å². The number of carbonyl (C=O) groups is 1. The van der Waals surface area contributed by atoms with E-state index in [4.69, 9.17) is 0 Å². The molecule has 1 aliphatic rings. The van der Waals surface area contributed by atoms with Crippen molar-refractivity contribution in [2.75, 3.05) is 20.6 Å². The summed E-state index contributed by atoms with van der Waals surface area (Å²) >= 11 is 0. The monoisotopic (exact) mass is 320 g/mol. The van der Waals surface area contributed by atoms with Crippen molar-refractivity contribution in [2.24, 2.45) is 4.99 Å². The van der Waals surface area contributed by atoms with Gasteiger partial charge in [-0.2, -0.15) is 0 Å². The van der Waals surface area contributed by atoms with Crippen molar-refractivity contribution in [3.05, 3.63) is 35.6 Å². The molecule has 0 aromatic heterocycles. The zero-order valence-corrected chi connectivity index (χ0v) is 13.8. The fourth-order valence-corrected chi connectivity index (χ4v) is 2.54. The smallest absolute Gasteiger partial charge is 0.241 e. The summed E-state index contributed by atoms with van der Waals surface area (Å²) in [5.74, 6) is 0.326. The average Bonchev–Trinajstić information content (AvgIpc) is 3.02. The van der Waals surface area contributed by atoms with Crippen LogP contribution >= 0.6 is 0 Å². The number of benzene rings is 1. The number of carbonyl (C=O) groups excluding carboxylic acids is 1. The van der Waals surface area contributed by atoms with Crippen molar-refractivity contribution in [3.63, 3.8) is 0 Å². The molecule has 126 valence electrons. The van der Waals surface area contributed by atoms with Gasteiger partial charge in [-0.05, 0) is 30.5 Å². The first-order chi connectivity index (χ1) is 11.0. The number of nitrogens with one attached hydrogen (secondary N) is 2. The number of likely N-dealkylation sites (N-methyl/N-ethyl adjacent to an activating group) is 1. The molecule has 0 saturated heterocycles. The van der Waals surface area contributed by atoms with Crippen LogP contribution in [0.3, 0.4) is 0 Å². The van der Waals surface area contributed by atoms with E-state index in [1.165, 1.54) is 29.9 Å². The Hall–Kier alpha value is -2.11. The molecule has 1 saturated carbocycles. The van der Waals surface area contributed by atoms with Crippen molar-refractivity contribution in [1.82, 2.24) is 15.5 Å². The van der Waals surface area contributed by atoms with Gasteiger partial charge in [-0.25, -0.2) is 9.38 Å². The van der Waals surface area contributed by atoms with Gasteiger partial charge in [-0.15, -0.1) is 0 Å². The van der Waals surface area contributed by atoms with Crippen LogP contribution in [0.4, 0.5) is 4.39 Å². The van der Waals surface area contributed by atoms with E-state index in [9.17, 15) is 9.18 Å². The Balaban J connectivity index is 1.98. The van der Waals surface area contributed by atoms with Gasteiger partial charge in [0.1, 0.15) is 5.82 Å². The predicted octanol–water partition coefficient (Wildman–Crippen LogP) is 1.89. The molecule has 1 aromatic carbocycles. The van der Waals surface area contributed by atoms with Crippen molar-refractivity contribution in [1.29, 1.82) is 0 Å². The summed E-state index contributed by atoms with van der Waals surface area (Å²) in [5, 5.41) is 6.44. The van der Waals surface area contributed by atoms with Gasteiger partial charge in [0.15, 0.2) is 5.96 Å². The highest BCUT2D eigenvalue weighted by Gasteiger charge is 2.16. The number of aliphatic imine (C=N–C) groups is 1. The number of halogens is 1. The summed E-state index contributed by atoms with van der Waals surface area (Å²) in [4.78, 5) is 17.8. The Morgan fingerprint density at radius 2 is 2.09 bits per heavy atom. The van der Waals surface area contributed by atoms with Gasteiger partial charge in [0.2, 0.25) is 5.91 Å². The highest BCUT2D eigenvalue weighted by Crippen LogP contribution is 2.17. The van der Waals surface area contributed by atoms with E-state index in [1.807, 2.05) is 6.07 Å². The Morgan fingerprint density at radius 3 is 2.74 bits per heavy atom. The van der Waals surface area contributed by atoms with Crippen molar-refractivity contribution in [2.45, 2.75) is 38.3 Å². The van der Waals surface area contributed by atoms with E-state index in [-0.39, 0.29) is 18.3 Å². The number of hydrogen-bond acceptors (Lipinski definition) is 2. The number of nitrogens with zero attached hydrogens (tertiary/aromatic N) is 2. The van der Waals surface area contributed by atoms with Crippen LogP contribution in [0.15, 0.2) is 29.3 Å². The molecule has 0 heterocycles. The largest absolute Gasteiger partial charge is 0.354 e. The Kier molecular flexibility index (Phi) is 6.38. The van der Waals surface area contributed by atoms with Crippen LogP contribution in [0.2, 0.25) is 0 Å². The highest BCUT2D eigenvalue weighted by molar-refractivity contribution is 5.86. The molecule has 0 bridgehead atoms. The molecule has 2 N–H and O–H groups in total. The molecule has 0 aliphatic heterocycles. The fraction of sp³-hybridized carbons (Fsp3) is 0.529. The van der Waals surface area contributed by atoms with Crippen LogP contribution in [0.5, 0.6) is 0 Å². The summed E-state index contributed by atoms with van der Waals surface area (Å²) in [6.45, 7) is 0.560. The lowest BCUT2D eigenvalue weighted by Crippen LogP contribution is -2.46. The second kappa shape index (κ2) is 8.50. The molecule has 0 radical (unpaired) electrons. The molecule has 0 unspecified atom stereocenters. The third-order valence-corrected chi connectivity index (χ3v) is 3.91. The summed E-state index contributed by atoms with van der Waals surface area (Å²) < 4.78 is 13.2. The number of rotatable bonds is 5. The molecular weight excluding hydrogens is 295 g/mol. The fourth-order valence-electron chi connectivity index (χ4n) is 2.54. The van der Waals surface area contributed by atoms with E-state index in [2.05, 4.69) is 15.6 Å². The lowest BCUT2D eigenvalue weighted by molar-refractivity contribution is -0.127. The molecule has 23 heavy (non-hydrogen) atoms. The van der Waals surface area contributed by atoms with Crippen molar-refractivity contribution >= 4 is 11.9 Å². The quantitative estimate of drug-likeness (QED) is 0.643. The topological polar surface area (TPSA) is 56.7 Å². The Bertz CT molecular complexity index is 553. The number of amides is 1. The third-order valence-electron chi connectivity index (χ3n) is 3.91. The molecule has 1 amide bonds. The normalized spacial score (nSPS) is 15.5. The number of hydrogen-bond donors (Lipinski definition) is 2. The predicted molar refractivity (Wildman–Crippen MR) is 89.6 cm³/mol. The lowest BCUT2D eigenvalue weighted by atomic mass is 10.2. The second-order valence-electron chi connectivity index (χ2n) is 6.06. The maximum atomic E-state index is 13.2. The van der Waals surface area contributed by atoms with Crippen LogP contribution in [0.1, 0.15) is 31.2 Å². The van der Waals surface area contributed by atoms with E-state index in [0.717, 1.165) is 18.4 Å². The zero-order valence-electron chi connectivity index (χ0n) is 13.8. The zero-order chi connectivity index (χ0) is 16.7. The van der Waals surface area contributed by atoms with Crippen LogP contribution in [0.25, 0.3) is 0 Å². The molecule has 1 aromatic rings. The molecule has 2 rings (SSSR count). The van der Waals surface area contributed by atoms with Crippen LogP contribution in [-0.4, -0.2) is 43.4 Å². The minimum Gasteiger partial charge on any atom is -0.354 e. The highest BCUT2D eigenvalue weighted by atomic mass is 19.1. The third kappa shape index (κ3) is 5.88. The summed E-state index contributed by atoms with van der Waals surface area (Å²) in [5.41, 5.74) is 0.802. The molecule has 0 spiro atoms. The maximum Gasteiger partial charge on any atom is 0.241 e. The molecule has 5 nitrogen and oxygen atoms in total. The summed E-state index contributed by atoms with van der Waals surface area (Å²) in [6, 6.07) is 6.79. The van der Waals surface area contributed by atoms with Crippen molar-refractivity contribution < 1.29 is 9.18 Å². The molecular formula is C17H25FN4O. The van der Waals surface area contributed by atoms with Crippen molar-refractivity contribution in [3.8, 4) is 0 Å². The second-order valence-corrected chi connectivity index (χ2v) is 6.06. The van der Waals surface area contributed by atoms with Crippen LogP contribution in [0, 0.1) is 5.82 Å². The first kappa shape index (κ1) is 17.2. The van der Waals surface area contributed by atoms with Crippen LogP contribution in [-0.2, 0) is 11.3 Å². The Morgan fingerprint density at radius 1 is 1.35 bits per heavy atom.